The largest absolute Gasteiger partial charge is 1.00 e. The number of hydrogen-bond acceptors (Lipinski definition) is 9. The number of phenolic OH excluding ortho intramolecular Hbond substituents is 1. The molecule has 0 aliphatic heterocycles. The molecular weight excluding hydrogens is 449 g/mol. The van der Waals surface area contributed by atoms with Crippen molar-refractivity contribution in [2.45, 2.75) is 19.8 Å². The fourth-order valence-electron chi connectivity index (χ4n) is 2.76. The van der Waals surface area contributed by atoms with Crippen LogP contribution in [0.4, 0.5) is 0 Å². The molecule has 0 aliphatic carbocycles. The second kappa shape index (κ2) is 14.0. The summed E-state index contributed by atoms with van der Waals surface area (Å²) in [6.45, 7) is -1.28. The third-order valence-corrected chi connectivity index (χ3v) is 4.64. The van der Waals surface area contributed by atoms with Gasteiger partial charge < -0.3 is 45.1 Å². The number of phenols is 1. The van der Waals surface area contributed by atoms with Crippen LogP contribution < -0.4 is 78.4 Å². The Hall–Kier alpha value is -0.390. The number of aliphatic hydroxyl groups excluding tert-OH is 2. The Kier molecular flexibility index (Phi) is 13.8. The standard InChI is InChI=1S/C19H23O9P.2Na.H/c1-26-17-6-5-13(16(19(17)22)11-28-29(23,24)25)4-3-12-7-14(9-20)15(10-21)18(8-12)27-2;;;/h3-8,20-22H,9-11H2,1-2H3,(H2,23,24,25);;;/q;2*+1;-1/p-2/b4-3-;;;. The maximum atomic E-state index is 10.8. The molecule has 2 aromatic carbocycles. The van der Waals surface area contributed by atoms with Gasteiger partial charge in [-0.25, -0.2) is 0 Å². The Labute approximate surface area is 226 Å². The molecule has 3 N–H and O–H groups in total. The number of rotatable bonds is 9. The van der Waals surface area contributed by atoms with Crippen LogP contribution in [0.2, 0.25) is 0 Å². The molecule has 0 spiro atoms. The minimum absolute atomic E-state index is 0. The van der Waals surface area contributed by atoms with E-state index < -0.39 is 14.4 Å². The van der Waals surface area contributed by atoms with Gasteiger partial charge >= 0.3 is 59.1 Å². The Morgan fingerprint density at radius 2 is 1.65 bits per heavy atom. The Morgan fingerprint density at radius 1 is 1.00 bits per heavy atom. The van der Waals surface area contributed by atoms with E-state index in [2.05, 4.69) is 4.52 Å². The summed E-state index contributed by atoms with van der Waals surface area (Å²) in [7, 11) is -2.49. The smallest absolute Gasteiger partial charge is 1.00 e. The first kappa shape index (κ1) is 30.6. The molecule has 0 atom stereocenters. The van der Waals surface area contributed by atoms with Crippen molar-refractivity contribution in [2.24, 2.45) is 0 Å². The molecule has 0 saturated heterocycles. The summed E-state index contributed by atoms with van der Waals surface area (Å²) in [5.74, 6) is 0.120. The molecular formula is C19H22Na2O9P-. The zero-order chi connectivity index (χ0) is 21.6. The summed E-state index contributed by atoms with van der Waals surface area (Å²) in [6, 6.07) is 6.32. The molecule has 2 aromatic rings. The van der Waals surface area contributed by atoms with Gasteiger partial charge in [0.05, 0.1) is 41.9 Å². The van der Waals surface area contributed by atoms with Gasteiger partial charge in [-0.15, -0.1) is 0 Å². The second-order valence-corrected chi connectivity index (χ2v) is 7.07. The van der Waals surface area contributed by atoms with E-state index in [9.17, 15) is 29.7 Å². The molecule has 0 radical (unpaired) electrons. The number of ether oxygens (including phenoxy) is 2. The average Bonchev–Trinajstić information content (AvgIpc) is 2.69. The van der Waals surface area contributed by atoms with Crippen molar-refractivity contribution >= 4 is 20.0 Å². The predicted molar refractivity (Wildman–Crippen MR) is 102 cm³/mol. The molecule has 0 amide bonds. The molecule has 31 heavy (non-hydrogen) atoms. The van der Waals surface area contributed by atoms with Crippen molar-refractivity contribution in [1.82, 2.24) is 0 Å². The Morgan fingerprint density at radius 3 is 2.16 bits per heavy atom. The number of phosphoric ester groups is 1. The molecule has 0 saturated carbocycles. The van der Waals surface area contributed by atoms with Crippen molar-refractivity contribution in [1.29, 1.82) is 0 Å². The second-order valence-electron chi connectivity index (χ2n) is 5.92. The van der Waals surface area contributed by atoms with Gasteiger partial charge in [-0.1, -0.05) is 18.2 Å². The number of benzene rings is 2. The van der Waals surface area contributed by atoms with Gasteiger partial charge in [-0.3, -0.25) is 0 Å². The number of hydrogen-bond donors (Lipinski definition) is 3. The van der Waals surface area contributed by atoms with E-state index in [4.69, 9.17) is 9.47 Å². The Bertz CT molecular complexity index is 926. The summed E-state index contributed by atoms with van der Waals surface area (Å²) < 4.78 is 25.4. The quantitative estimate of drug-likeness (QED) is 0.186. The van der Waals surface area contributed by atoms with Crippen molar-refractivity contribution < 1.29 is 104 Å². The normalized spacial score (nSPS) is 11.0. The monoisotopic (exact) mass is 471 g/mol. The fourth-order valence-corrected chi connectivity index (χ4v) is 3.05. The summed E-state index contributed by atoms with van der Waals surface area (Å²) >= 11 is 0. The van der Waals surface area contributed by atoms with Crippen LogP contribution >= 0.6 is 7.82 Å². The zero-order valence-electron chi connectivity index (χ0n) is 18.8. The van der Waals surface area contributed by atoms with Crippen LogP contribution in [0.15, 0.2) is 24.3 Å². The molecule has 0 aromatic heterocycles. The van der Waals surface area contributed by atoms with E-state index in [0.29, 0.717) is 28.0 Å². The molecule has 0 fully saturated rings. The number of aromatic hydroxyl groups is 1. The molecule has 0 aliphatic rings. The first-order valence-electron chi connectivity index (χ1n) is 8.39. The van der Waals surface area contributed by atoms with E-state index in [1.165, 1.54) is 20.3 Å². The van der Waals surface area contributed by atoms with E-state index >= 15 is 0 Å². The fraction of sp³-hybridized carbons (Fsp3) is 0.263. The van der Waals surface area contributed by atoms with Crippen LogP contribution in [-0.4, -0.2) is 29.5 Å². The molecule has 0 heterocycles. The van der Waals surface area contributed by atoms with Crippen molar-refractivity contribution in [3.05, 3.63) is 52.1 Å². The minimum Gasteiger partial charge on any atom is -1.00 e. The summed E-state index contributed by atoms with van der Waals surface area (Å²) in [6.07, 6.45) is 3.19. The van der Waals surface area contributed by atoms with Gasteiger partial charge in [0.15, 0.2) is 11.5 Å². The van der Waals surface area contributed by atoms with Crippen molar-refractivity contribution in [3.63, 3.8) is 0 Å². The van der Waals surface area contributed by atoms with Gasteiger partial charge in [0.25, 0.3) is 0 Å². The average molecular weight is 471 g/mol. The van der Waals surface area contributed by atoms with E-state index in [1.807, 2.05) is 0 Å². The first-order valence-corrected chi connectivity index (χ1v) is 9.85. The topological polar surface area (TPSA) is 152 Å². The Balaban J connectivity index is 0. The molecule has 160 valence electrons. The number of aliphatic hydroxyl groups is 2. The van der Waals surface area contributed by atoms with Gasteiger partial charge in [0.2, 0.25) is 0 Å². The molecule has 9 nitrogen and oxygen atoms in total. The van der Waals surface area contributed by atoms with Crippen LogP contribution in [0.25, 0.3) is 12.2 Å². The van der Waals surface area contributed by atoms with Gasteiger partial charge in [-0.05, 0) is 34.9 Å². The molecule has 0 bridgehead atoms. The van der Waals surface area contributed by atoms with Crippen LogP contribution in [0, 0.1) is 0 Å². The molecule has 0 unspecified atom stereocenters. The van der Waals surface area contributed by atoms with Crippen LogP contribution in [-0.2, 0) is 28.9 Å². The number of methoxy groups -OCH3 is 2. The third kappa shape index (κ3) is 8.47. The van der Waals surface area contributed by atoms with E-state index in [-0.39, 0.29) is 90.8 Å². The van der Waals surface area contributed by atoms with Crippen LogP contribution in [0.5, 0.6) is 17.2 Å². The van der Waals surface area contributed by atoms with Crippen molar-refractivity contribution in [2.75, 3.05) is 14.2 Å². The van der Waals surface area contributed by atoms with Gasteiger partial charge in [-0.2, -0.15) is 0 Å². The molecule has 2 rings (SSSR count). The summed E-state index contributed by atoms with van der Waals surface area (Å²) in [4.78, 5) is 21.6. The third-order valence-electron chi connectivity index (χ3n) is 4.20. The van der Waals surface area contributed by atoms with Gasteiger partial charge in [0, 0.05) is 11.1 Å². The first-order chi connectivity index (χ1) is 13.7. The summed E-state index contributed by atoms with van der Waals surface area (Å²) in [5.41, 5.74) is 1.99. The summed E-state index contributed by atoms with van der Waals surface area (Å²) in [5, 5.41) is 29.3. The zero-order valence-corrected chi connectivity index (χ0v) is 22.7. The minimum atomic E-state index is -5.25. The van der Waals surface area contributed by atoms with E-state index in [1.54, 1.807) is 30.4 Å². The number of phosphoric acid groups is 1. The maximum absolute atomic E-state index is 10.8. The van der Waals surface area contributed by atoms with Crippen LogP contribution in [0.1, 0.15) is 29.2 Å². The van der Waals surface area contributed by atoms with Gasteiger partial charge in [0.1, 0.15) is 5.75 Å². The molecule has 12 heteroatoms. The van der Waals surface area contributed by atoms with Crippen LogP contribution in [0.3, 0.4) is 0 Å². The van der Waals surface area contributed by atoms with E-state index in [0.717, 1.165) is 0 Å². The van der Waals surface area contributed by atoms with Crippen molar-refractivity contribution in [3.8, 4) is 17.2 Å². The maximum Gasteiger partial charge on any atom is 1.00 e. The SMILES string of the molecule is COc1ccc(/C=C\c2cc(CO)c(CO)c(OC)c2)c(COP(=O)([O-])[O-])c1O.[H-].[Na+].[Na+]. The predicted octanol–water partition coefficient (Wildman–Crippen LogP) is -4.97.